The van der Waals surface area contributed by atoms with Crippen LogP contribution in [0, 0.1) is 22.7 Å². The molecule has 118 valence electrons. The smallest absolute Gasteiger partial charge is 0.330 e. The Kier molecular flexibility index (Phi) is 4.01. The van der Waals surface area contributed by atoms with Crippen molar-refractivity contribution in [1.82, 2.24) is 0 Å². The first kappa shape index (κ1) is 15.7. The van der Waals surface area contributed by atoms with Crippen LogP contribution in [0.25, 0.3) is 0 Å². The Hall–Kier alpha value is -3.19. The van der Waals surface area contributed by atoms with Crippen molar-refractivity contribution in [1.29, 1.82) is 10.7 Å². The summed E-state index contributed by atoms with van der Waals surface area (Å²) in [6.45, 7) is 0. The summed E-state index contributed by atoms with van der Waals surface area (Å²) in [5.74, 6) is -1.06. The number of nitriles is 1. The molecule has 4 nitrogen and oxygen atoms in total. The van der Waals surface area contributed by atoms with E-state index < -0.39 is 17.3 Å². The van der Waals surface area contributed by atoms with Crippen LogP contribution in [0.3, 0.4) is 0 Å². The van der Waals surface area contributed by atoms with Crippen LogP contribution in [0.4, 0.5) is 0 Å². The van der Waals surface area contributed by atoms with E-state index in [0.29, 0.717) is 5.71 Å². The molecule has 0 amide bonds. The molecule has 1 aliphatic rings. The lowest BCUT2D eigenvalue weighted by Crippen LogP contribution is -2.32. The van der Waals surface area contributed by atoms with Crippen molar-refractivity contribution in [3.63, 3.8) is 0 Å². The van der Waals surface area contributed by atoms with E-state index in [9.17, 15) is 10.1 Å². The summed E-state index contributed by atoms with van der Waals surface area (Å²) >= 11 is 0. The van der Waals surface area contributed by atoms with Gasteiger partial charge in [0.2, 0.25) is 0 Å². The minimum atomic E-state index is -1.03. The number of methoxy groups -OCH3 is 1. The van der Waals surface area contributed by atoms with Crippen LogP contribution in [0.2, 0.25) is 0 Å². The average Bonchev–Trinajstić information content (AvgIpc) is 2.89. The third kappa shape index (κ3) is 2.22. The molecule has 2 atom stereocenters. The number of fused-ring (bicyclic) bond motifs is 1. The third-order valence-electron chi connectivity index (χ3n) is 4.45. The lowest BCUT2D eigenvalue weighted by atomic mass is 9.70. The first-order valence-corrected chi connectivity index (χ1v) is 7.56. The second kappa shape index (κ2) is 6.13. The summed E-state index contributed by atoms with van der Waals surface area (Å²) in [5, 5.41) is 18.7. The molecule has 24 heavy (non-hydrogen) atoms. The fourth-order valence-corrected chi connectivity index (χ4v) is 3.33. The highest BCUT2D eigenvalue weighted by atomic mass is 16.5. The van der Waals surface area contributed by atoms with Crippen molar-refractivity contribution in [2.75, 3.05) is 7.11 Å². The molecular formula is C20H16N2O2. The van der Waals surface area contributed by atoms with Crippen molar-refractivity contribution in [3.05, 3.63) is 83.4 Å². The molecule has 3 rings (SSSR count). The maximum absolute atomic E-state index is 11.5. The zero-order valence-corrected chi connectivity index (χ0v) is 13.2. The summed E-state index contributed by atoms with van der Waals surface area (Å²) in [6.07, 6.45) is 2.89. The van der Waals surface area contributed by atoms with E-state index in [0.717, 1.165) is 16.7 Å². The number of rotatable bonds is 3. The van der Waals surface area contributed by atoms with Crippen LogP contribution < -0.4 is 0 Å². The largest absolute Gasteiger partial charge is 0.466 e. The van der Waals surface area contributed by atoms with E-state index in [4.69, 9.17) is 5.41 Å². The lowest BCUT2D eigenvalue weighted by Gasteiger charge is -2.28. The SMILES string of the molecule is COC(=O)/C=C/[C@@H]1C(=N)c2ccccc2[C@]1(C#N)c1ccccc1. The van der Waals surface area contributed by atoms with Gasteiger partial charge in [-0.2, -0.15) is 5.26 Å². The molecule has 0 saturated carbocycles. The maximum Gasteiger partial charge on any atom is 0.330 e. The average molecular weight is 316 g/mol. The van der Waals surface area contributed by atoms with Crippen molar-refractivity contribution < 1.29 is 9.53 Å². The highest BCUT2D eigenvalue weighted by molar-refractivity contribution is 6.08. The third-order valence-corrected chi connectivity index (χ3v) is 4.45. The molecule has 2 aromatic carbocycles. The minimum Gasteiger partial charge on any atom is -0.466 e. The summed E-state index contributed by atoms with van der Waals surface area (Å²) in [4.78, 5) is 11.5. The summed E-state index contributed by atoms with van der Waals surface area (Å²) in [6, 6.07) is 19.3. The molecule has 0 spiro atoms. The van der Waals surface area contributed by atoms with Crippen molar-refractivity contribution in [3.8, 4) is 6.07 Å². The Bertz CT molecular complexity index is 865. The number of hydrogen-bond acceptors (Lipinski definition) is 4. The van der Waals surface area contributed by atoms with E-state index in [1.165, 1.54) is 13.2 Å². The molecule has 0 radical (unpaired) electrons. The molecular weight excluding hydrogens is 300 g/mol. The molecule has 4 heteroatoms. The second-order valence-corrected chi connectivity index (χ2v) is 5.61. The first-order chi connectivity index (χ1) is 11.6. The van der Waals surface area contributed by atoms with Crippen molar-refractivity contribution in [2.24, 2.45) is 5.92 Å². The summed E-state index contributed by atoms with van der Waals surface area (Å²) < 4.78 is 4.65. The Morgan fingerprint density at radius 2 is 1.88 bits per heavy atom. The van der Waals surface area contributed by atoms with Gasteiger partial charge in [0.1, 0.15) is 5.41 Å². The van der Waals surface area contributed by atoms with Gasteiger partial charge in [0.15, 0.2) is 0 Å². The van der Waals surface area contributed by atoms with Gasteiger partial charge in [-0.1, -0.05) is 60.7 Å². The van der Waals surface area contributed by atoms with Gasteiger partial charge in [-0.25, -0.2) is 4.79 Å². The normalized spacial score (nSPS) is 22.2. The summed E-state index contributed by atoms with van der Waals surface area (Å²) in [7, 11) is 1.30. The molecule has 0 aromatic heterocycles. The number of esters is 1. The van der Waals surface area contributed by atoms with Crippen LogP contribution in [0.1, 0.15) is 16.7 Å². The molecule has 2 aromatic rings. The quantitative estimate of drug-likeness (QED) is 0.698. The Labute approximate surface area is 140 Å². The van der Waals surface area contributed by atoms with E-state index in [1.54, 1.807) is 6.08 Å². The van der Waals surface area contributed by atoms with Gasteiger partial charge in [-0.15, -0.1) is 0 Å². The Balaban J connectivity index is 2.25. The highest BCUT2D eigenvalue weighted by Gasteiger charge is 2.50. The Morgan fingerprint density at radius 1 is 1.21 bits per heavy atom. The van der Waals surface area contributed by atoms with Crippen molar-refractivity contribution in [2.45, 2.75) is 5.41 Å². The number of benzene rings is 2. The van der Waals surface area contributed by atoms with E-state index in [2.05, 4.69) is 10.8 Å². The molecule has 0 fully saturated rings. The monoisotopic (exact) mass is 316 g/mol. The number of carbonyl (C=O) groups excluding carboxylic acids is 1. The fourth-order valence-electron chi connectivity index (χ4n) is 3.33. The van der Waals surface area contributed by atoms with Crippen LogP contribution in [0.15, 0.2) is 66.7 Å². The predicted molar refractivity (Wildman–Crippen MR) is 90.8 cm³/mol. The number of nitrogens with zero attached hydrogens (tertiary/aromatic N) is 1. The van der Waals surface area contributed by atoms with Gasteiger partial charge in [-0.05, 0) is 11.1 Å². The number of nitrogens with one attached hydrogen (secondary N) is 1. The van der Waals surface area contributed by atoms with E-state index >= 15 is 0 Å². The zero-order valence-electron chi connectivity index (χ0n) is 13.2. The Morgan fingerprint density at radius 3 is 2.54 bits per heavy atom. The molecule has 1 aliphatic carbocycles. The number of allylic oxidation sites excluding steroid dienone is 1. The second-order valence-electron chi connectivity index (χ2n) is 5.61. The zero-order chi connectivity index (χ0) is 17.2. The number of hydrogen-bond donors (Lipinski definition) is 1. The molecule has 0 saturated heterocycles. The highest BCUT2D eigenvalue weighted by Crippen LogP contribution is 2.48. The fraction of sp³-hybridized carbons (Fsp3) is 0.150. The van der Waals surface area contributed by atoms with Gasteiger partial charge in [0.05, 0.1) is 13.2 Å². The first-order valence-electron chi connectivity index (χ1n) is 7.56. The summed E-state index contributed by atoms with van der Waals surface area (Å²) in [5.41, 5.74) is 1.64. The molecule has 0 aliphatic heterocycles. The predicted octanol–water partition coefficient (Wildman–Crippen LogP) is 3.22. The van der Waals surface area contributed by atoms with E-state index in [1.807, 2.05) is 54.6 Å². The van der Waals surface area contributed by atoms with Crippen LogP contribution in [-0.4, -0.2) is 18.8 Å². The van der Waals surface area contributed by atoms with Gasteiger partial charge in [-0.3, -0.25) is 0 Å². The molecule has 0 unspecified atom stereocenters. The standard InChI is InChI=1S/C20H16N2O2/c1-24-18(23)12-11-17-19(22)15-9-5-6-10-16(15)20(17,13-21)14-7-3-2-4-8-14/h2-12,17,22H,1H3/b12-11+,22-19?/t17-,20+/m1/s1. The van der Waals surface area contributed by atoms with Gasteiger partial charge in [0, 0.05) is 23.3 Å². The number of carbonyl (C=O) groups is 1. The lowest BCUT2D eigenvalue weighted by molar-refractivity contribution is -0.134. The van der Waals surface area contributed by atoms with Crippen LogP contribution in [-0.2, 0) is 14.9 Å². The topological polar surface area (TPSA) is 73.9 Å². The van der Waals surface area contributed by atoms with Gasteiger partial charge >= 0.3 is 5.97 Å². The van der Waals surface area contributed by atoms with Crippen LogP contribution in [0.5, 0.6) is 0 Å². The van der Waals surface area contributed by atoms with Crippen molar-refractivity contribution >= 4 is 11.7 Å². The van der Waals surface area contributed by atoms with Gasteiger partial charge < -0.3 is 10.1 Å². The molecule has 1 N–H and O–H groups in total. The molecule has 0 bridgehead atoms. The number of ether oxygens (including phenoxy) is 1. The minimum absolute atomic E-state index is 0.330. The van der Waals surface area contributed by atoms with Gasteiger partial charge in [0.25, 0.3) is 0 Å². The maximum atomic E-state index is 11.5. The van der Waals surface area contributed by atoms with Crippen LogP contribution >= 0.6 is 0 Å². The molecule has 0 heterocycles. The van der Waals surface area contributed by atoms with E-state index in [-0.39, 0.29) is 0 Å².